The average Bonchev–Trinajstić information content (AvgIpc) is 3.68. The SMILES string of the molecule is CC(C)c1csc(CN)n1.CC(C)c1csc(CO)n1.Cc1nc(C(C)C)cs1.Cc1scc(C(C)C)[n+]1O. The highest BCUT2D eigenvalue weighted by Crippen LogP contribution is 2.18. The van der Waals surface area contributed by atoms with Gasteiger partial charge in [0.25, 0.3) is 5.01 Å². The summed E-state index contributed by atoms with van der Waals surface area (Å²) in [5, 5.41) is 30.1. The van der Waals surface area contributed by atoms with Crippen molar-refractivity contribution in [3.8, 4) is 0 Å². The Morgan fingerprint density at radius 1 is 0.692 bits per heavy atom. The van der Waals surface area contributed by atoms with E-state index in [9.17, 15) is 5.21 Å². The van der Waals surface area contributed by atoms with Crippen LogP contribution in [0.2, 0.25) is 0 Å². The zero-order chi connectivity index (χ0) is 29.7. The fourth-order valence-corrected chi connectivity index (χ4v) is 6.09. The number of rotatable bonds is 6. The number of nitrogens with zero attached hydrogens (tertiary/aromatic N) is 4. The van der Waals surface area contributed by atoms with Gasteiger partial charge in [0.15, 0.2) is 0 Å². The standard InChI is InChI=1S/C7H12N2S.C7H11NOS.C7H12NOS.C7H11NS/c1-5(2)6-4-10-7(3-8)9-6;1-5(2)6-4-10-7(3-9)8-6;1-5(2)7-4-10-6(3)8(7)9;1-5(2)7-4-9-6(3)8-7/h4-5H,3,8H2,1-2H3;4-5,9H,3H2,1-2H3;4-5,9H,1-3H3;4-5H,1-3H3/q;;+1;. The predicted octanol–water partition coefficient (Wildman–Crippen LogP) is 7.76. The fraction of sp³-hybridized carbons (Fsp3) is 0.571. The third-order valence-electron chi connectivity index (χ3n) is 5.34. The van der Waals surface area contributed by atoms with Crippen molar-refractivity contribution in [2.75, 3.05) is 0 Å². The summed E-state index contributed by atoms with van der Waals surface area (Å²) in [7, 11) is 0. The van der Waals surface area contributed by atoms with Crippen LogP contribution < -0.4 is 10.5 Å². The minimum atomic E-state index is 0.0669. The fourth-order valence-electron chi connectivity index (χ4n) is 2.80. The molecule has 0 aliphatic rings. The van der Waals surface area contributed by atoms with E-state index in [-0.39, 0.29) is 6.61 Å². The molecule has 4 aromatic rings. The van der Waals surface area contributed by atoms with Crippen LogP contribution in [0.15, 0.2) is 21.5 Å². The van der Waals surface area contributed by atoms with Crippen molar-refractivity contribution in [1.82, 2.24) is 15.0 Å². The van der Waals surface area contributed by atoms with Crippen molar-refractivity contribution in [1.29, 1.82) is 0 Å². The Hall–Kier alpha value is -1.76. The Bertz CT molecular complexity index is 1160. The molecule has 0 fully saturated rings. The van der Waals surface area contributed by atoms with Crippen LogP contribution in [0.25, 0.3) is 0 Å². The molecule has 0 saturated carbocycles. The van der Waals surface area contributed by atoms with E-state index in [2.05, 4.69) is 81.1 Å². The molecule has 4 aromatic heterocycles. The summed E-state index contributed by atoms with van der Waals surface area (Å²) in [5.74, 6) is 1.97. The number of nitrogens with two attached hydrogens (primary N) is 1. The smallest absolute Gasteiger partial charge is 0.285 e. The lowest BCUT2D eigenvalue weighted by atomic mass is 10.2. The van der Waals surface area contributed by atoms with Crippen LogP contribution >= 0.6 is 45.3 Å². The maximum Gasteiger partial charge on any atom is 0.285 e. The molecule has 218 valence electrons. The first-order valence-electron chi connectivity index (χ1n) is 13.1. The van der Waals surface area contributed by atoms with Gasteiger partial charge >= 0.3 is 0 Å². The Morgan fingerprint density at radius 2 is 1.15 bits per heavy atom. The summed E-state index contributed by atoms with van der Waals surface area (Å²) in [6.07, 6.45) is 0. The van der Waals surface area contributed by atoms with Gasteiger partial charge in [0, 0.05) is 40.3 Å². The molecule has 0 amide bonds. The van der Waals surface area contributed by atoms with Gasteiger partial charge in [-0.05, 0) is 24.7 Å². The molecule has 4 heterocycles. The van der Waals surface area contributed by atoms with Crippen molar-refractivity contribution in [2.45, 2.75) is 106 Å². The molecular formula is C28H46N5O2S4+. The lowest BCUT2D eigenvalue weighted by Crippen LogP contribution is -2.35. The van der Waals surface area contributed by atoms with E-state index in [0.29, 0.717) is 30.2 Å². The lowest BCUT2D eigenvalue weighted by molar-refractivity contribution is -0.910. The number of aliphatic hydroxyl groups is 1. The molecule has 0 radical (unpaired) electrons. The monoisotopic (exact) mass is 612 g/mol. The normalized spacial score (nSPS) is 10.8. The quantitative estimate of drug-likeness (QED) is 0.152. The van der Waals surface area contributed by atoms with E-state index in [1.807, 2.05) is 24.6 Å². The molecular weight excluding hydrogens is 567 g/mol. The van der Waals surface area contributed by atoms with Crippen molar-refractivity contribution >= 4 is 45.3 Å². The molecule has 0 aromatic carbocycles. The van der Waals surface area contributed by atoms with Gasteiger partial charge in [-0.3, -0.25) is 5.21 Å². The van der Waals surface area contributed by atoms with E-state index < -0.39 is 0 Å². The molecule has 0 aliphatic carbocycles. The highest BCUT2D eigenvalue weighted by molar-refractivity contribution is 7.10. The third kappa shape index (κ3) is 12.5. The van der Waals surface area contributed by atoms with Crippen LogP contribution in [0.3, 0.4) is 0 Å². The molecule has 0 unspecified atom stereocenters. The van der Waals surface area contributed by atoms with Crippen LogP contribution in [0.1, 0.15) is 122 Å². The Labute approximate surface area is 250 Å². The average molecular weight is 613 g/mol. The summed E-state index contributed by atoms with van der Waals surface area (Å²) in [5.41, 5.74) is 9.86. The predicted molar refractivity (Wildman–Crippen MR) is 168 cm³/mol. The zero-order valence-corrected chi connectivity index (χ0v) is 28.2. The molecule has 0 aliphatic heterocycles. The number of aryl methyl sites for hydroxylation is 2. The van der Waals surface area contributed by atoms with E-state index >= 15 is 0 Å². The second kappa shape index (κ2) is 17.8. The summed E-state index contributed by atoms with van der Waals surface area (Å²) in [6, 6.07) is 0. The second-order valence-corrected chi connectivity index (χ2v) is 14.1. The van der Waals surface area contributed by atoms with E-state index in [1.54, 1.807) is 34.0 Å². The first-order valence-corrected chi connectivity index (χ1v) is 16.6. The minimum Gasteiger partial charge on any atom is -0.389 e. The van der Waals surface area contributed by atoms with Gasteiger partial charge in [-0.2, -0.15) is 0 Å². The summed E-state index contributed by atoms with van der Waals surface area (Å²) in [6.45, 7) is 21.5. The van der Waals surface area contributed by atoms with Crippen LogP contribution in [0.5, 0.6) is 0 Å². The van der Waals surface area contributed by atoms with Gasteiger partial charge in [0.1, 0.15) is 10.0 Å². The Kier molecular flexibility index (Phi) is 16.1. The minimum absolute atomic E-state index is 0.0669. The number of hydrogen-bond donors (Lipinski definition) is 3. The Morgan fingerprint density at radius 3 is 1.38 bits per heavy atom. The van der Waals surface area contributed by atoms with Gasteiger partial charge < -0.3 is 10.8 Å². The van der Waals surface area contributed by atoms with E-state index in [4.69, 9.17) is 10.8 Å². The highest BCUT2D eigenvalue weighted by atomic mass is 32.1. The zero-order valence-electron chi connectivity index (χ0n) is 24.9. The van der Waals surface area contributed by atoms with Crippen molar-refractivity contribution in [3.05, 3.63) is 64.3 Å². The summed E-state index contributed by atoms with van der Waals surface area (Å²) >= 11 is 6.45. The number of thiazole rings is 4. The van der Waals surface area contributed by atoms with Crippen LogP contribution in [0, 0.1) is 13.8 Å². The van der Waals surface area contributed by atoms with Gasteiger partial charge in [0.2, 0.25) is 5.69 Å². The summed E-state index contributed by atoms with van der Waals surface area (Å²) in [4.78, 5) is 12.8. The van der Waals surface area contributed by atoms with Crippen LogP contribution in [-0.2, 0) is 13.2 Å². The third-order valence-corrected chi connectivity index (χ3v) is 8.75. The Balaban J connectivity index is 0.000000260. The topological polar surface area (TPSA) is 109 Å². The first-order chi connectivity index (χ1) is 18.3. The molecule has 39 heavy (non-hydrogen) atoms. The highest BCUT2D eigenvalue weighted by Gasteiger charge is 2.19. The number of aromatic nitrogens is 4. The summed E-state index contributed by atoms with van der Waals surface area (Å²) < 4.78 is 1.26. The molecule has 11 heteroatoms. The van der Waals surface area contributed by atoms with Crippen LogP contribution in [0.4, 0.5) is 0 Å². The van der Waals surface area contributed by atoms with E-state index in [1.165, 1.54) is 26.8 Å². The van der Waals surface area contributed by atoms with Gasteiger partial charge in [-0.15, -0.1) is 34.0 Å². The lowest BCUT2D eigenvalue weighted by Gasteiger charge is -1.95. The molecule has 0 spiro atoms. The van der Waals surface area contributed by atoms with Crippen molar-refractivity contribution in [2.24, 2.45) is 5.73 Å². The molecule has 0 saturated heterocycles. The van der Waals surface area contributed by atoms with Gasteiger partial charge in [-0.1, -0.05) is 66.7 Å². The van der Waals surface area contributed by atoms with Gasteiger partial charge in [-0.25, -0.2) is 15.0 Å². The molecule has 0 atom stereocenters. The molecule has 0 bridgehead atoms. The molecule has 7 nitrogen and oxygen atoms in total. The number of aliphatic hydroxyl groups excluding tert-OH is 1. The van der Waals surface area contributed by atoms with Crippen molar-refractivity contribution in [3.63, 3.8) is 0 Å². The largest absolute Gasteiger partial charge is 0.389 e. The molecule has 4 rings (SSSR count). The maximum absolute atomic E-state index is 9.34. The van der Waals surface area contributed by atoms with Crippen molar-refractivity contribution < 1.29 is 15.0 Å². The number of hydrogen-bond acceptors (Lipinski definition) is 10. The maximum atomic E-state index is 9.34. The van der Waals surface area contributed by atoms with Crippen LogP contribution in [-0.4, -0.2) is 25.3 Å². The molecule has 4 N–H and O–H groups in total. The first kappa shape index (κ1) is 35.3. The van der Waals surface area contributed by atoms with E-state index in [0.717, 1.165) is 32.1 Å². The van der Waals surface area contributed by atoms with Gasteiger partial charge in [0.05, 0.1) is 34.1 Å². The second-order valence-electron chi connectivity index (χ2n) is 10.1.